The summed E-state index contributed by atoms with van der Waals surface area (Å²) in [5.74, 6) is 1.12. The molecule has 12 heteroatoms. The summed E-state index contributed by atoms with van der Waals surface area (Å²) in [5.41, 5.74) is 2.24. The van der Waals surface area contributed by atoms with Crippen molar-refractivity contribution in [3.63, 3.8) is 0 Å². The standard InChI is InChI=1S/C30H21N5O5S2/c36-34(37)21-9-13-24(14-10-21)42-23-11-7-20(8-12-23)33-29(28(32-30(33)41)25-6-1-2-17-31-25)27-16-15-26(40-27)19-4-3-5-22(18-19)35(38)39/h1-18,28-29H,(H,32,41)/t28-,29+/m1/s1. The molecule has 1 aliphatic rings. The van der Waals surface area contributed by atoms with Gasteiger partial charge in [0.05, 0.1) is 21.6 Å². The van der Waals surface area contributed by atoms with Crippen molar-refractivity contribution in [2.75, 3.05) is 4.90 Å². The molecule has 0 unspecified atom stereocenters. The number of aromatic nitrogens is 1. The fourth-order valence-electron chi connectivity index (χ4n) is 4.81. The van der Waals surface area contributed by atoms with Gasteiger partial charge in [0.1, 0.15) is 17.6 Å². The first-order valence-corrected chi connectivity index (χ1v) is 14.0. The summed E-state index contributed by atoms with van der Waals surface area (Å²) < 4.78 is 6.33. The lowest BCUT2D eigenvalue weighted by atomic mass is 10.0. The second kappa shape index (κ2) is 11.4. The van der Waals surface area contributed by atoms with Gasteiger partial charge >= 0.3 is 0 Å². The summed E-state index contributed by atoms with van der Waals surface area (Å²) in [6, 6.07) is 29.2. The number of non-ortho nitro benzene ring substituents is 2. The second-order valence-corrected chi connectivity index (χ2v) is 10.9. The van der Waals surface area contributed by atoms with Gasteiger partial charge in [0.25, 0.3) is 11.4 Å². The Morgan fingerprint density at radius 2 is 1.55 bits per heavy atom. The lowest BCUT2D eigenvalue weighted by molar-refractivity contribution is -0.385. The number of pyridine rings is 1. The van der Waals surface area contributed by atoms with Crippen LogP contribution in [0.3, 0.4) is 0 Å². The number of nitrogens with one attached hydrogen (secondary N) is 1. The van der Waals surface area contributed by atoms with E-state index in [1.54, 1.807) is 36.5 Å². The first kappa shape index (κ1) is 27.1. The van der Waals surface area contributed by atoms with Gasteiger partial charge in [-0.3, -0.25) is 25.2 Å². The maximum absolute atomic E-state index is 11.3. The quantitative estimate of drug-likeness (QED) is 0.109. The Hall–Kier alpha value is -5.07. The number of furan rings is 1. The Bertz CT molecular complexity index is 1780. The van der Waals surface area contributed by atoms with Crippen molar-refractivity contribution in [2.24, 2.45) is 0 Å². The summed E-state index contributed by atoms with van der Waals surface area (Å²) in [6.07, 6.45) is 1.72. The number of nitro groups is 2. The zero-order chi connectivity index (χ0) is 29.2. The molecule has 1 N–H and O–H groups in total. The van der Waals surface area contributed by atoms with E-state index >= 15 is 0 Å². The number of anilines is 1. The largest absolute Gasteiger partial charge is 0.459 e. The summed E-state index contributed by atoms with van der Waals surface area (Å²) >= 11 is 7.30. The Kier molecular flexibility index (Phi) is 7.38. The number of hydrogen-bond donors (Lipinski definition) is 1. The monoisotopic (exact) mass is 595 g/mol. The minimum absolute atomic E-state index is 0.0196. The molecule has 10 nitrogen and oxygen atoms in total. The number of hydrogen-bond acceptors (Lipinski definition) is 8. The van der Waals surface area contributed by atoms with Crippen molar-refractivity contribution in [1.29, 1.82) is 0 Å². The van der Waals surface area contributed by atoms with Gasteiger partial charge in [0.15, 0.2) is 5.11 Å². The van der Waals surface area contributed by atoms with Crippen LogP contribution < -0.4 is 10.2 Å². The van der Waals surface area contributed by atoms with Crippen molar-refractivity contribution in [3.8, 4) is 11.3 Å². The molecular formula is C30H21N5O5S2. The minimum atomic E-state index is -0.435. The Morgan fingerprint density at radius 3 is 2.21 bits per heavy atom. The van der Waals surface area contributed by atoms with Crippen LogP contribution in [-0.4, -0.2) is 19.9 Å². The van der Waals surface area contributed by atoms with Crippen LogP contribution in [0.1, 0.15) is 23.5 Å². The smallest absolute Gasteiger partial charge is 0.270 e. The van der Waals surface area contributed by atoms with E-state index in [0.717, 1.165) is 21.2 Å². The number of thiocarbonyl (C=S) groups is 1. The van der Waals surface area contributed by atoms with E-state index in [4.69, 9.17) is 16.6 Å². The van der Waals surface area contributed by atoms with Gasteiger partial charge in [-0.1, -0.05) is 30.0 Å². The molecule has 0 saturated carbocycles. The van der Waals surface area contributed by atoms with Gasteiger partial charge in [-0.15, -0.1) is 0 Å². The summed E-state index contributed by atoms with van der Waals surface area (Å²) in [6.45, 7) is 0. The minimum Gasteiger partial charge on any atom is -0.459 e. The highest BCUT2D eigenvalue weighted by Gasteiger charge is 2.42. The highest BCUT2D eigenvalue weighted by Crippen LogP contribution is 2.43. The molecule has 1 saturated heterocycles. The molecule has 3 heterocycles. The highest BCUT2D eigenvalue weighted by molar-refractivity contribution is 7.99. The molecule has 2 atom stereocenters. The number of rotatable bonds is 8. The van der Waals surface area contributed by atoms with E-state index in [1.165, 1.54) is 36.0 Å². The SMILES string of the molecule is O=[N+]([O-])c1ccc(Sc2ccc(N3C(=S)N[C@H](c4ccccn4)[C@@H]3c3ccc(-c4cccc([N+](=O)[O-])c4)o3)cc2)cc1. The summed E-state index contributed by atoms with van der Waals surface area (Å²) in [5, 5.41) is 26.2. The molecule has 208 valence electrons. The molecule has 0 radical (unpaired) electrons. The van der Waals surface area contributed by atoms with E-state index in [0.29, 0.717) is 22.2 Å². The Labute approximate surface area is 249 Å². The fraction of sp³-hybridized carbons (Fsp3) is 0.0667. The van der Waals surface area contributed by atoms with Crippen molar-refractivity contribution in [3.05, 3.63) is 141 Å². The second-order valence-electron chi connectivity index (χ2n) is 9.35. The molecule has 0 aliphatic carbocycles. The molecule has 1 aliphatic heterocycles. The first-order chi connectivity index (χ1) is 20.4. The summed E-state index contributed by atoms with van der Waals surface area (Å²) in [7, 11) is 0. The van der Waals surface area contributed by atoms with Crippen LogP contribution in [-0.2, 0) is 0 Å². The maximum atomic E-state index is 11.3. The molecule has 1 fully saturated rings. The number of nitro benzene ring substituents is 2. The fourth-order valence-corrected chi connectivity index (χ4v) is 5.97. The molecule has 42 heavy (non-hydrogen) atoms. The zero-order valence-corrected chi connectivity index (χ0v) is 23.3. The predicted molar refractivity (Wildman–Crippen MR) is 162 cm³/mol. The van der Waals surface area contributed by atoms with E-state index in [-0.39, 0.29) is 17.4 Å². The van der Waals surface area contributed by atoms with Crippen LogP contribution in [0.25, 0.3) is 11.3 Å². The third-order valence-electron chi connectivity index (χ3n) is 6.76. The number of nitrogens with zero attached hydrogens (tertiary/aromatic N) is 4. The molecule has 6 rings (SSSR count). The van der Waals surface area contributed by atoms with Crippen molar-refractivity contribution in [1.82, 2.24) is 10.3 Å². The molecule has 0 bridgehead atoms. The molecule has 0 amide bonds. The normalized spacial score (nSPS) is 16.3. The van der Waals surface area contributed by atoms with E-state index in [2.05, 4.69) is 10.3 Å². The Balaban J connectivity index is 1.32. The Morgan fingerprint density at radius 1 is 0.833 bits per heavy atom. The van der Waals surface area contributed by atoms with E-state index < -0.39 is 15.9 Å². The van der Waals surface area contributed by atoms with E-state index in [1.807, 2.05) is 53.4 Å². The van der Waals surface area contributed by atoms with Gasteiger partial charge in [-0.2, -0.15) is 0 Å². The predicted octanol–water partition coefficient (Wildman–Crippen LogP) is 7.49. The first-order valence-electron chi connectivity index (χ1n) is 12.7. The molecule has 3 aromatic carbocycles. The molecular weight excluding hydrogens is 574 g/mol. The van der Waals surface area contributed by atoms with Crippen molar-refractivity contribution < 1.29 is 14.3 Å². The third-order valence-corrected chi connectivity index (χ3v) is 8.09. The van der Waals surface area contributed by atoms with Crippen LogP contribution in [0.15, 0.2) is 124 Å². The van der Waals surface area contributed by atoms with Crippen LogP contribution >= 0.6 is 24.0 Å². The zero-order valence-electron chi connectivity index (χ0n) is 21.7. The average molecular weight is 596 g/mol. The van der Waals surface area contributed by atoms with Crippen LogP contribution in [0.4, 0.5) is 17.1 Å². The van der Waals surface area contributed by atoms with Gasteiger partial charge < -0.3 is 14.6 Å². The number of benzene rings is 3. The van der Waals surface area contributed by atoms with Gasteiger partial charge in [0.2, 0.25) is 0 Å². The van der Waals surface area contributed by atoms with Gasteiger partial charge in [-0.25, -0.2) is 0 Å². The molecule has 5 aromatic rings. The average Bonchev–Trinajstić information content (AvgIpc) is 3.63. The third kappa shape index (κ3) is 5.45. The lowest BCUT2D eigenvalue weighted by Crippen LogP contribution is -2.29. The van der Waals surface area contributed by atoms with Crippen molar-refractivity contribution in [2.45, 2.75) is 21.9 Å². The molecule has 0 spiro atoms. The topological polar surface area (TPSA) is 128 Å². The summed E-state index contributed by atoms with van der Waals surface area (Å²) in [4.78, 5) is 29.8. The van der Waals surface area contributed by atoms with E-state index in [9.17, 15) is 20.2 Å². The van der Waals surface area contributed by atoms with Crippen LogP contribution in [0.2, 0.25) is 0 Å². The molecule has 2 aromatic heterocycles. The highest BCUT2D eigenvalue weighted by atomic mass is 32.2. The van der Waals surface area contributed by atoms with Crippen molar-refractivity contribution >= 4 is 46.2 Å². The van der Waals surface area contributed by atoms with Gasteiger partial charge in [0, 0.05) is 51.5 Å². The van der Waals surface area contributed by atoms with Gasteiger partial charge in [-0.05, 0) is 72.9 Å². The maximum Gasteiger partial charge on any atom is 0.270 e. The van der Waals surface area contributed by atoms with Crippen LogP contribution in [0.5, 0.6) is 0 Å². The lowest BCUT2D eigenvalue weighted by Gasteiger charge is -2.26. The van der Waals surface area contributed by atoms with Crippen LogP contribution in [0, 0.1) is 20.2 Å².